The fourth-order valence-corrected chi connectivity index (χ4v) is 4.76. The number of phenols is 1. The van der Waals surface area contributed by atoms with Gasteiger partial charge in [0.1, 0.15) is 6.61 Å². The number of methoxy groups -OCH3 is 1. The summed E-state index contributed by atoms with van der Waals surface area (Å²) in [4.78, 5) is 26.3. The van der Waals surface area contributed by atoms with Gasteiger partial charge in [-0.15, -0.1) is 0 Å². The highest BCUT2D eigenvalue weighted by molar-refractivity contribution is 9.10. The summed E-state index contributed by atoms with van der Waals surface area (Å²) in [6, 6.07) is 12.8. The molecule has 4 rings (SSSR count). The molecule has 2 N–H and O–H groups in total. The number of esters is 1. The van der Waals surface area contributed by atoms with Crippen LogP contribution in [0.2, 0.25) is 0 Å². The predicted octanol–water partition coefficient (Wildman–Crippen LogP) is 4.87. The number of benzene rings is 2. The van der Waals surface area contributed by atoms with E-state index in [1.807, 2.05) is 37.3 Å². The van der Waals surface area contributed by atoms with Crippen LogP contribution < -0.4 is 10.1 Å². The van der Waals surface area contributed by atoms with E-state index in [-0.39, 0.29) is 23.9 Å². The number of ether oxygens (including phenoxy) is 2. The normalized spacial score (nSPS) is 18.2. The molecule has 2 aromatic carbocycles. The number of hydrogen-bond acceptors (Lipinski definition) is 6. The van der Waals surface area contributed by atoms with Crippen LogP contribution in [0.1, 0.15) is 43.2 Å². The molecule has 166 valence electrons. The van der Waals surface area contributed by atoms with Crippen LogP contribution in [0.15, 0.2) is 69.5 Å². The molecule has 0 amide bonds. The first-order valence-electron chi connectivity index (χ1n) is 10.4. The summed E-state index contributed by atoms with van der Waals surface area (Å²) in [5.74, 6) is -0.880. The molecule has 2 aromatic rings. The summed E-state index contributed by atoms with van der Waals surface area (Å²) in [7, 11) is 1.46. The van der Waals surface area contributed by atoms with Gasteiger partial charge in [-0.25, -0.2) is 4.79 Å². The van der Waals surface area contributed by atoms with Crippen LogP contribution in [-0.2, 0) is 20.9 Å². The van der Waals surface area contributed by atoms with Crippen molar-refractivity contribution in [3.8, 4) is 11.5 Å². The van der Waals surface area contributed by atoms with E-state index in [1.54, 1.807) is 12.1 Å². The summed E-state index contributed by atoms with van der Waals surface area (Å²) in [5.41, 5.74) is 4.00. The first kappa shape index (κ1) is 22.1. The minimum Gasteiger partial charge on any atom is -0.503 e. The number of carbonyl (C=O) groups excluding carboxylic acids is 2. The average molecular weight is 498 g/mol. The van der Waals surface area contributed by atoms with Gasteiger partial charge in [0.2, 0.25) is 0 Å². The molecule has 0 bridgehead atoms. The molecule has 0 spiro atoms. The van der Waals surface area contributed by atoms with Crippen LogP contribution in [0.4, 0.5) is 0 Å². The van der Waals surface area contributed by atoms with E-state index in [1.165, 1.54) is 7.11 Å². The lowest BCUT2D eigenvalue weighted by atomic mass is 9.75. The van der Waals surface area contributed by atoms with Gasteiger partial charge >= 0.3 is 5.97 Å². The summed E-state index contributed by atoms with van der Waals surface area (Å²) >= 11 is 3.36. The minimum absolute atomic E-state index is 0.00720. The van der Waals surface area contributed by atoms with Crippen LogP contribution >= 0.6 is 15.9 Å². The van der Waals surface area contributed by atoms with Crippen molar-refractivity contribution in [2.24, 2.45) is 0 Å². The Balaban J connectivity index is 1.78. The second kappa shape index (κ2) is 9.20. The van der Waals surface area contributed by atoms with Crippen molar-refractivity contribution < 1.29 is 24.2 Å². The highest BCUT2D eigenvalue weighted by Gasteiger charge is 2.39. The zero-order valence-corrected chi connectivity index (χ0v) is 19.5. The number of nitrogens with one attached hydrogen (secondary N) is 1. The van der Waals surface area contributed by atoms with Crippen molar-refractivity contribution in [2.75, 3.05) is 7.11 Å². The molecular formula is C25H24BrNO5. The Morgan fingerprint density at radius 2 is 1.97 bits per heavy atom. The maximum atomic E-state index is 13.3. The Bertz CT molecular complexity index is 1140. The lowest BCUT2D eigenvalue weighted by Gasteiger charge is -2.34. The molecule has 2 aliphatic rings. The number of carbonyl (C=O) groups is 2. The van der Waals surface area contributed by atoms with Crippen molar-refractivity contribution in [1.82, 2.24) is 5.32 Å². The van der Waals surface area contributed by atoms with Gasteiger partial charge in [-0.2, -0.15) is 0 Å². The first-order valence-corrected chi connectivity index (χ1v) is 11.2. The average Bonchev–Trinajstić information content (AvgIpc) is 2.79. The number of rotatable bonds is 5. The van der Waals surface area contributed by atoms with Crippen LogP contribution in [0, 0.1) is 0 Å². The van der Waals surface area contributed by atoms with E-state index in [2.05, 4.69) is 21.2 Å². The van der Waals surface area contributed by atoms with E-state index in [0.29, 0.717) is 33.3 Å². The Morgan fingerprint density at radius 1 is 1.22 bits per heavy atom. The maximum Gasteiger partial charge on any atom is 0.337 e. The van der Waals surface area contributed by atoms with E-state index in [9.17, 15) is 14.7 Å². The number of aromatic hydroxyl groups is 1. The largest absolute Gasteiger partial charge is 0.503 e. The summed E-state index contributed by atoms with van der Waals surface area (Å²) in [6.45, 7) is 1.95. The fourth-order valence-electron chi connectivity index (χ4n) is 4.30. The molecule has 1 aliphatic heterocycles. The maximum absolute atomic E-state index is 13.3. The van der Waals surface area contributed by atoms with E-state index < -0.39 is 11.9 Å². The molecule has 0 fully saturated rings. The van der Waals surface area contributed by atoms with Gasteiger partial charge in [0, 0.05) is 29.3 Å². The monoisotopic (exact) mass is 497 g/mol. The Hall–Kier alpha value is -3.06. The van der Waals surface area contributed by atoms with Crippen molar-refractivity contribution in [3.63, 3.8) is 0 Å². The quantitative estimate of drug-likeness (QED) is 0.572. The zero-order chi connectivity index (χ0) is 22.8. The highest BCUT2D eigenvalue weighted by Crippen LogP contribution is 2.46. The molecule has 1 aliphatic carbocycles. The first-order chi connectivity index (χ1) is 15.4. The second-order valence-electron chi connectivity index (χ2n) is 7.88. The molecule has 7 heteroatoms. The van der Waals surface area contributed by atoms with Gasteiger partial charge < -0.3 is 19.9 Å². The molecule has 0 saturated heterocycles. The number of Topliss-reactive ketones (excluding diaryl/α,β-unsaturated/α-hetero) is 1. The van der Waals surface area contributed by atoms with Crippen molar-refractivity contribution in [1.29, 1.82) is 0 Å². The third-order valence-electron chi connectivity index (χ3n) is 5.81. The molecule has 0 aromatic heterocycles. The lowest BCUT2D eigenvalue weighted by molar-refractivity contribution is -0.140. The number of halogens is 1. The third-order valence-corrected chi connectivity index (χ3v) is 6.42. The smallest absolute Gasteiger partial charge is 0.337 e. The van der Waals surface area contributed by atoms with Crippen molar-refractivity contribution in [2.45, 2.75) is 38.7 Å². The molecule has 0 saturated carbocycles. The highest BCUT2D eigenvalue weighted by atomic mass is 79.9. The zero-order valence-electron chi connectivity index (χ0n) is 17.9. The SMILES string of the molecule is COc1cc([C@H]2C(C(=O)OCc3ccccc3)=C(C)NC3=C2C(=O)CCC3)cc(Br)c1O. The van der Waals surface area contributed by atoms with Crippen LogP contribution in [0.25, 0.3) is 0 Å². The number of ketones is 1. The van der Waals surface area contributed by atoms with Gasteiger partial charge in [-0.1, -0.05) is 30.3 Å². The predicted molar refractivity (Wildman–Crippen MR) is 123 cm³/mol. The Morgan fingerprint density at radius 3 is 2.69 bits per heavy atom. The number of phenolic OH excluding ortho intramolecular Hbond substituents is 1. The summed E-state index contributed by atoms with van der Waals surface area (Å²) in [6.07, 6.45) is 1.93. The summed E-state index contributed by atoms with van der Waals surface area (Å²) < 4.78 is 11.4. The van der Waals surface area contributed by atoms with E-state index >= 15 is 0 Å². The summed E-state index contributed by atoms with van der Waals surface area (Å²) in [5, 5.41) is 13.6. The molecule has 6 nitrogen and oxygen atoms in total. The molecular weight excluding hydrogens is 474 g/mol. The molecule has 0 radical (unpaired) electrons. The van der Waals surface area contributed by atoms with E-state index in [0.717, 1.165) is 24.1 Å². The van der Waals surface area contributed by atoms with Gasteiger partial charge in [0.05, 0.1) is 17.2 Å². The Labute approximate surface area is 195 Å². The van der Waals surface area contributed by atoms with Crippen molar-refractivity contribution >= 4 is 27.7 Å². The molecule has 1 atom stereocenters. The number of allylic oxidation sites excluding steroid dienone is 3. The van der Waals surface area contributed by atoms with Crippen molar-refractivity contribution in [3.05, 3.63) is 80.6 Å². The molecule has 32 heavy (non-hydrogen) atoms. The molecule has 0 unspecified atom stereocenters. The lowest BCUT2D eigenvalue weighted by Crippen LogP contribution is -2.34. The van der Waals surface area contributed by atoms with Gasteiger partial charge in [-0.3, -0.25) is 4.79 Å². The van der Waals surface area contributed by atoms with Crippen LogP contribution in [0.5, 0.6) is 11.5 Å². The Kier molecular flexibility index (Phi) is 6.37. The van der Waals surface area contributed by atoms with Gasteiger partial charge in [-0.05, 0) is 59.0 Å². The van der Waals surface area contributed by atoms with Crippen LogP contribution in [0.3, 0.4) is 0 Å². The standard InChI is InChI=1S/C25H24BrNO5/c1-14-21(25(30)32-13-15-7-4-3-5-8-15)22(23-18(27-14)9-6-10-19(23)28)16-11-17(26)24(29)20(12-16)31-2/h3-5,7-8,11-12,22,27,29H,6,9-10,13H2,1-2H3/t22-/m0/s1. The third kappa shape index (κ3) is 4.17. The number of dihydropyridines is 1. The number of hydrogen-bond donors (Lipinski definition) is 2. The molecule has 1 heterocycles. The topological polar surface area (TPSA) is 84.9 Å². The fraction of sp³-hybridized carbons (Fsp3) is 0.280. The van der Waals surface area contributed by atoms with Gasteiger partial charge in [0.15, 0.2) is 17.3 Å². The second-order valence-corrected chi connectivity index (χ2v) is 8.74. The van der Waals surface area contributed by atoms with E-state index in [4.69, 9.17) is 9.47 Å². The van der Waals surface area contributed by atoms with Gasteiger partial charge in [0.25, 0.3) is 0 Å². The van der Waals surface area contributed by atoms with Crippen LogP contribution in [-0.4, -0.2) is 24.0 Å². The minimum atomic E-state index is -0.617.